The number of methoxy groups -OCH3 is 1. The van der Waals surface area contributed by atoms with Crippen molar-refractivity contribution in [3.05, 3.63) is 69.7 Å². The highest BCUT2D eigenvalue weighted by Gasteiger charge is 2.18. The van der Waals surface area contributed by atoms with Crippen LogP contribution in [0.25, 0.3) is 6.08 Å². The highest BCUT2D eigenvalue weighted by atomic mass is 79.9. The first kappa shape index (κ1) is 17.8. The van der Waals surface area contributed by atoms with Crippen LogP contribution in [0.3, 0.4) is 0 Å². The van der Waals surface area contributed by atoms with E-state index in [2.05, 4.69) is 26.0 Å². The van der Waals surface area contributed by atoms with Gasteiger partial charge in [0.05, 0.1) is 18.4 Å². The SMILES string of the molecule is COC(=O)c1cc(F)cc(Br)c1NC(=O)/C=C/c1cccc(F)c1. The summed E-state index contributed by atoms with van der Waals surface area (Å²) in [5.41, 5.74) is 0.450. The van der Waals surface area contributed by atoms with Crippen molar-refractivity contribution in [3.63, 3.8) is 0 Å². The molecule has 0 aromatic heterocycles. The van der Waals surface area contributed by atoms with Gasteiger partial charge in [0.15, 0.2) is 0 Å². The second-order valence-corrected chi connectivity index (χ2v) is 5.53. The summed E-state index contributed by atoms with van der Waals surface area (Å²) in [4.78, 5) is 23.7. The normalized spacial score (nSPS) is 10.7. The second-order valence-electron chi connectivity index (χ2n) is 4.68. The fraction of sp³-hybridized carbons (Fsp3) is 0.0588. The highest BCUT2D eigenvalue weighted by Crippen LogP contribution is 2.28. The van der Waals surface area contributed by atoms with E-state index in [1.54, 1.807) is 6.07 Å². The Morgan fingerprint density at radius 2 is 1.92 bits per heavy atom. The molecule has 124 valence electrons. The molecule has 2 rings (SSSR count). The number of halogens is 3. The van der Waals surface area contributed by atoms with E-state index in [0.717, 1.165) is 19.2 Å². The number of benzene rings is 2. The van der Waals surface area contributed by atoms with Gasteiger partial charge in [-0.25, -0.2) is 13.6 Å². The number of amides is 1. The van der Waals surface area contributed by atoms with E-state index in [9.17, 15) is 18.4 Å². The molecule has 0 saturated carbocycles. The lowest BCUT2D eigenvalue weighted by Crippen LogP contribution is -2.14. The molecule has 0 heterocycles. The lowest BCUT2D eigenvalue weighted by atomic mass is 10.1. The van der Waals surface area contributed by atoms with Crippen LogP contribution in [0, 0.1) is 11.6 Å². The third kappa shape index (κ3) is 4.48. The predicted molar refractivity (Wildman–Crippen MR) is 89.5 cm³/mol. The molecular weight excluding hydrogens is 384 g/mol. The zero-order chi connectivity index (χ0) is 17.7. The number of rotatable bonds is 4. The van der Waals surface area contributed by atoms with E-state index < -0.39 is 23.5 Å². The second kappa shape index (κ2) is 7.83. The first-order valence-electron chi connectivity index (χ1n) is 6.72. The van der Waals surface area contributed by atoms with Crippen molar-refractivity contribution in [2.45, 2.75) is 0 Å². The summed E-state index contributed by atoms with van der Waals surface area (Å²) in [6.45, 7) is 0. The number of hydrogen-bond donors (Lipinski definition) is 1. The molecule has 0 aliphatic rings. The third-order valence-corrected chi connectivity index (χ3v) is 3.61. The minimum Gasteiger partial charge on any atom is -0.465 e. The molecule has 4 nitrogen and oxygen atoms in total. The summed E-state index contributed by atoms with van der Waals surface area (Å²) in [7, 11) is 1.15. The number of anilines is 1. The average molecular weight is 396 g/mol. The smallest absolute Gasteiger partial charge is 0.340 e. The molecule has 1 N–H and O–H groups in total. The minimum atomic E-state index is -0.792. The molecule has 0 aliphatic heterocycles. The van der Waals surface area contributed by atoms with Gasteiger partial charge in [0.1, 0.15) is 11.6 Å². The van der Waals surface area contributed by atoms with Crippen LogP contribution >= 0.6 is 15.9 Å². The molecule has 0 bridgehead atoms. The molecule has 24 heavy (non-hydrogen) atoms. The molecule has 2 aromatic carbocycles. The molecule has 1 amide bonds. The predicted octanol–water partition coefficient (Wildman–Crippen LogP) is 4.17. The molecule has 0 atom stereocenters. The summed E-state index contributed by atoms with van der Waals surface area (Å²) in [5.74, 6) is -2.45. The largest absolute Gasteiger partial charge is 0.465 e. The van der Waals surface area contributed by atoms with Crippen LogP contribution in [0.15, 0.2) is 46.9 Å². The summed E-state index contributed by atoms with van der Waals surface area (Å²) in [5, 5.41) is 2.47. The summed E-state index contributed by atoms with van der Waals surface area (Å²) in [6, 6.07) is 7.76. The Bertz CT molecular complexity index is 821. The fourth-order valence-corrected chi connectivity index (χ4v) is 2.45. The minimum absolute atomic E-state index is 0.0807. The van der Waals surface area contributed by atoms with E-state index in [1.807, 2.05) is 0 Å². The van der Waals surface area contributed by atoms with Gasteiger partial charge in [-0.05, 0) is 51.8 Å². The first-order chi connectivity index (χ1) is 11.4. The Balaban J connectivity index is 2.24. The molecular formula is C17H12BrF2NO3. The van der Waals surface area contributed by atoms with E-state index in [-0.39, 0.29) is 15.7 Å². The quantitative estimate of drug-likeness (QED) is 0.624. The van der Waals surface area contributed by atoms with Crippen LogP contribution in [0.1, 0.15) is 15.9 Å². The zero-order valence-corrected chi connectivity index (χ0v) is 14.1. The summed E-state index contributed by atoms with van der Waals surface area (Å²) in [6.07, 6.45) is 2.58. The number of ether oxygens (including phenoxy) is 1. The number of carbonyl (C=O) groups excluding carboxylic acids is 2. The standard InChI is InChI=1S/C17H12BrF2NO3/c1-24-17(23)13-8-12(20)9-14(18)16(13)21-15(22)6-5-10-3-2-4-11(19)7-10/h2-9H,1H3,(H,21,22)/b6-5+. The molecule has 7 heteroatoms. The van der Waals surface area contributed by atoms with Crippen molar-refractivity contribution >= 4 is 39.6 Å². The highest BCUT2D eigenvalue weighted by molar-refractivity contribution is 9.10. The molecule has 0 fully saturated rings. The number of hydrogen-bond acceptors (Lipinski definition) is 3. The van der Waals surface area contributed by atoms with Crippen LogP contribution in [0.4, 0.5) is 14.5 Å². The van der Waals surface area contributed by atoms with E-state index in [4.69, 9.17) is 0 Å². The molecule has 0 unspecified atom stereocenters. The van der Waals surface area contributed by atoms with E-state index >= 15 is 0 Å². The Morgan fingerprint density at radius 3 is 2.58 bits per heavy atom. The molecule has 0 aliphatic carbocycles. The van der Waals surface area contributed by atoms with Crippen LogP contribution in [0.2, 0.25) is 0 Å². The van der Waals surface area contributed by atoms with Gasteiger partial charge in [-0.2, -0.15) is 0 Å². The topological polar surface area (TPSA) is 55.4 Å². The molecule has 0 radical (unpaired) electrons. The number of nitrogens with one attached hydrogen (secondary N) is 1. The van der Waals surface area contributed by atoms with Gasteiger partial charge < -0.3 is 10.1 Å². The van der Waals surface area contributed by atoms with Gasteiger partial charge >= 0.3 is 5.97 Å². The molecule has 2 aromatic rings. The maximum atomic E-state index is 13.4. The maximum absolute atomic E-state index is 13.4. The lowest BCUT2D eigenvalue weighted by molar-refractivity contribution is -0.111. The van der Waals surface area contributed by atoms with Crippen molar-refractivity contribution in [1.82, 2.24) is 0 Å². The Kier molecular flexibility index (Phi) is 5.81. The van der Waals surface area contributed by atoms with Crippen LogP contribution < -0.4 is 5.32 Å². The van der Waals surface area contributed by atoms with Crippen molar-refractivity contribution in [3.8, 4) is 0 Å². The lowest BCUT2D eigenvalue weighted by Gasteiger charge is -2.11. The molecule has 0 saturated heterocycles. The van der Waals surface area contributed by atoms with Crippen LogP contribution in [0.5, 0.6) is 0 Å². The first-order valence-corrected chi connectivity index (χ1v) is 7.52. The van der Waals surface area contributed by atoms with Crippen molar-refractivity contribution in [2.75, 3.05) is 12.4 Å². The summed E-state index contributed by atoms with van der Waals surface area (Å²) >= 11 is 3.09. The van der Waals surface area contributed by atoms with Crippen LogP contribution in [-0.4, -0.2) is 19.0 Å². The van der Waals surface area contributed by atoms with E-state index in [0.29, 0.717) is 5.56 Å². The average Bonchev–Trinajstić information content (AvgIpc) is 2.54. The van der Waals surface area contributed by atoms with Gasteiger partial charge in [0.25, 0.3) is 0 Å². The maximum Gasteiger partial charge on any atom is 0.340 e. The van der Waals surface area contributed by atoms with Gasteiger partial charge in [0.2, 0.25) is 5.91 Å². The molecule has 0 spiro atoms. The van der Waals surface area contributed by atoms with Crippen molar-refractivity contribution in [1.29, 1.82) is 0 Å². The van der Waals surface area contributed by atoms with E-state index in [1.165, 1.54) is 30.4 Å². The Labute approximate surface area is 145 Å². The van der Waals surface area contributed by atoms with Crippen molar-refractivity contribution in [2.24, 2.45) is 0 Å². The van der Waals surface area contributed by atoms with Gasteiger partial charge in [0, 0.05) is 10.5 Å². The third-order valence-electron chi connectivity index (χ3n) is 2.98. The Morgan fingerprint density at radius 1 is 1.17 bits per heavy atom. The number of esters is 1. The van der Waals surface area contributed by atoms with Gasteiger partial charge in [-0.1, -0.05) is 12.1 Å². The zero-order valence-electron chi connectivity index (χ0n) is 12.5. The van der Waals surface area contributed by atoms with Gasteiger partial charge in [-0.3, -0.25) is 4.79 Å². The monoisotopic (exact) mass is 395 g/mol. The van der Waals surface area contributed by atoms with Gasteiger partial charge in [-0.15, -0.1) is 0 Å². The fourth-order valence-electron chi connectivity index (χ4n) is 1.92. The van der Waals surface area contributed by atoms with Crippen molar-refractivity contribution < 1.29 is 23.1 Å². The summed E-state index contributed by atoms with van der Waals surface area (Å²) < 4.78 is 31.3. The van der Waals surface area contributed by atoms with Crippen LogP contribution in [-0.2, 0) is 9.53 Å². The number of carbonyl (C=O) groups is 2. The Hall–Kier alpha value is -2.54.